The number of nitrogens with one attached hydrogen (secondary N) is 2. The van der Waals surface area contributed by atoms with Crippen molar-refractivity contribution in [3.05, 3.63) is 0 Å². The summed E-state index contributed by atoms with van der Waals surface area (Å²) in [5.41, 5.74) is 0. The molecule has 4 unspecified atom stereocenters. The van der Waals surface area contributed by atoms with E-state index in [1.165, 1.54) is 31.4 Å². The summed E-state index contributed by atoms with van der Waals surface area (Å²) in [5.74, 6) is 5.19. The van der Waals surface area contributed by atoms with Crippen molar-refractivity contribution in [1.29, 1.82) is 0 Å². The first-order valence-electron chi connectivity index (χ1n) is 7.39. The highest BCUT2D eigenvalue weighted by molar-refractivity contribution is 7.99. The highest BCUT2D eigenvalue weighted by atomic mass is 35.5. The number of fused-ring (bicyclic) bond motifs is 2. The maximum Gasteiger partial charge on any atom is 0.221 e. The van der Waals surface area contributed by atoms with E-state index in [-0.39, 0.29) is 18.3 Å². The Hall–Kier alpha value is 0.0700. The fourth-order valence-corrected chi connectivity index (χ4v) is 4.87. The van der Waals surface area contributed by atoms with Crippen LogP contribution >= 0.6 is 24.2 Å². The fourth-order valence-electron chi connectivity index (χ4n) is 3.92. The number of amides is 1. The molecule has 2 N–H and O–H groups in total. The molecule has 1 aliphatic heterocycles. The van der Waals surface area contributed by atoms with Crippen molar-refractivity contribution in [3.8, 4) is 0 Å². The van der Waals surface area contributed by atoms with Gasteiger partial charge in [0.15, 0.2) is 0 Å². The van der Waals surface area contributed by atoms with Crippen molar-refractivity contribution < 1.29 is 4.79 Å². The summed E-state index contributed by atoms with van der Waals surface area (Å²) in [6.07, 6.45) is 6.31. The van der Waals surface area contributed by atoms with Gasteiger partial charge in [0.1, 0.15) is 0 Å². The Labute approximate surface area is 126 Å². The molecule has 0 radical (unpaired) electrons. The molecule has 1 heterocycles. The highest BCUT2D eigenvalue weighted by Crippen LogP contribution is 2.47. The molecule has 0 spiro atoms. The van der Waals surface area contributed by atoms with Gasteiger partial charge >= 0.3 is 0 Å². The smallest absolute Gasteiger partial charge is 0.221 e. The molecule has 0 aromatic carbocycles. The lowest BCUT2D eigenvalue weighted by Crippen LogP contribution is -2.42. The first-order chi connectivity index (χ1) is 8.81. The Kier molecular flexibility index (Phi) is 5.85. The average Bonchev–Trinajstić information content (AvgIpc) is 3.00. The van der Waals surface area contributed by atoms with E-state index in [0.29, 0.717) is 12.5 Å². The molecule has 3 rings (SSSR count). The molecule has 0 aromatic heterocycles. The summed E-state index contributed by atoms with van der Waals surface area (Å²) < 4.78 is 0. The third-order valence-electron chi connectivity index (χ3n) is 4.88. The number of halogens is 1. The van der Waals surface area contributed by atoms with Crippen LogP contribution in [0.15, 0.2) is 0 Å². The second-order valence-corrected chi connectivity index (χ2v) is 7.32. The minimum atomic E-state index is 0. The Balaban J connectivity index is 0.00000133. The van der Waals surface area contributed by atoms with Crippen molar-refractivity contribution in [2.45, 2.75) is 38.1 Å². The Morgan fingerprint density at radius 2 is 2.21 bits per heavy atom. The van der Waals surface area contributed by atoms with Crippen molar-refractivity contribution >= 4 is 30.1 Å². The van der Waals surface area contributed by atoms with Gasteiger partial charge < -0.3 is 10.6 Å². The zero-order chi connectivity index (χ0) is 12.4. The molecule has 2 aliphatic carbocycles. The van der Waals surface area contributed by atoms with Crippen LogP contribution in [-0.4, -0.2) is 36.5 Å². The van der Waals surface area contributed by atoms with Gasteiger partial charge in [0.2, 0.25) is 5.91 Å². The van der Waals surface area contributed by atoms with E-state index < -0.39 is 0 Å². The second-order valence-electron chi connectivity index (χ2n) is 6.17. The van der Waals surface area contributed by atoms with Gasteiger partial charge in [-0.25, -0.2) is 0 Å². The summed E-state index contributed by atoms with van der Waals surface area (Å²) in [5, 5.41) is 6.59. The summed E-state index contributed by atoms with van der Waals surface area (Å²) >= 11 is 1.96. The van der Waals surface area contributed by atoms with Crippen LogP contribution < -0.4 is 10.6 Å². The topological polar surface area (TPSA) is 41.1 Å². The quantitative estimate of drug-likeness (QED) is 0.835. The van der Waals surface area contributed by atoms with E-state index in [1.54, 1.807) is 0 Å². The van der Waals surface area contributed by atoms with E-state index in [2.05, 4.69) is 10.6 Å². The Morgan fingerprint density at radius 1 is 1.32 bits per heavy atom. The predicted molar refractivity (Wildman–Crippen MR) is 82.9 cm³/mol. The van der Waals surface area contributed by atoms with E-state index in [9.17, 15) is 4.79 Å². The number of carbonyl (C=O) groups excluding carboxylic acids is 1. The van der Waals surface area contributed by atoms with Crippen LogP contribution in [0.25, 0.3) is 0 Å². The van der Waals surface area contributed by atoms with E-state index in [4.69, 9.17) is 0 Å². The van der Waals surface area contributed by atoms with Crippen LogP contribution in [0.2, 0.25) is 0 Å². The van der Waals surface area contributed by atoms with Gasteiger partial charge in [-0.3, -0.25) is 4.79 Å². The highest BCUT2D eigenvalue weighted by Gasteiger charge is 2.39. The van der Waals surface area contributed by atoms with Gasteiger partial charge in [0.05, 0.1) is 0 Å². The monoisotopic (exact) mass is 304 g/mol. The molecule has 110 valence electrons. The SMILES string of the molecule is Cl.O=C(CC1CSCCN1)NCC1CC2CCC1C2. The van der Waals surface area contributed by atoms with Crippen LogP contribution in [0.1, 0.15) is 32.1 Å². The molecule has 4 atom stereocenters. The minimum Gasteiger partial charge on any atom is -0.356 e. The molecule has 2 saturated carbocycles. The summed E-state index contributed by atoms with van der Waals surface area (Å²) in [6, 6.07) is 0.392. The first-order valence-corrected chi connectivity index (χ1v) is 8.54. The van der Waals surface area contributed by atoms with Gasteiger partial charge in [0, 0.05) is 37.1 Å². The molecule has 3 fully saturated rings. The van der Waals surface area contributed by atoms with Crippen LogP contribution in [0.4, 0.5) is 0 Å². The second kappa shape index (κ2) is 7.19. The average molecular weight is 305 g/mol. The molecule has 1 saturated heterocycles. The van der Waals surface area contributed by atoms with Gasteiger partial charge in [-0.15, -0.1) is 12.4 Å². The third-order valence-corrected chi connectivity index (χ3v) is 6.01. The standard InChI is InChI=1S/C14H24N2OS.ClH/c17-14(7-13-9-18-4-3-15-13)16-8-12-6-10-1-2-11(12)5-10;/h10-13,15H,1-9H2,(H,16,17);1H. The molecule has 3 aliphatic rings. The Bertz CT molecular complexity index is 310. The van der Waals surface area contributed by atoms with Crippen molar-refractivity contribution in [2.75, 3.05) is 24.6 Å². The van der Waals surface area contributed by atoms with Crippen LogP contribution in [0.3, 0.4) is 0 Å². The maximum absolute atomic E-state index is 11.9. The third kappa shape index (κ3) is 4.02. The van der Waals surface area contributed by atoms with Crippen molar-refractivity contribution in [1.82, 2.24) is 10.6 Å². The van der Waals surface area contributed by atoms with E-state index in [1.807, 2.05) is 11.8 Å². The van der Waals surface area contributed by atoms with Gasteiger partial charge in [-0.05, 0) is 37.0 Å². The van der Waals surface area contributed by atoms with Crippen LogP contribution in [0, 0.1) is 17.8 Å². The lowest BCUT2D eigenvalue weighted by molar-refractivity contribution is -0.121. The number of hydrogen-bond donors (Lipinski definition) is 2. The maximum atomic E-state index is 11.9. The van der Waals surface area contributed by atoms with Crippen molar-refractivity contribution in [2.24, 2.45) is 17.8 Å². The molecule has 3 nitrogen and oxygen atoms in total. The van der Waals surface area contributed by atoms with Crippen molar-refractivity contribution in [3.63, 3.8) is 0 Å². The number of carbonyl (C=O) groups is 1. The molecular weight excluding hydrogens is 280 g/mol. The fraction of sp³-hybridized carbons (Fsp3) is 0.929. The summed E-state index contributed by atoms with van der Waals surface area (Å²) in [6.45, 7) is 1.98. The lowest BCUT2D eigenvalue weighted by atomic mass is 9.89. The number of thioether (sulfide) groups is 1. The number of hydrogen-bond acceptors (Lipinski definition) is 3. The molecule has 2 bridgehead atoms. The van der Waals surface area contributed by atoms with E-state index >= 15 is 0 Å². The van der Waals surface area contributed by atoms with E-state index in [0.717, 1.165) is 36.6 Å². The van der Waals surface area contributed by atoms with Gasteiger partial charge in [0.25, 0.3) is 0 Å². The predicted octanol–water partition coefficient (Wildman–Crippen LogP) is 2.06. The molecule has 0 aromatic rings. The number of rotatable bonds is 4. The molecule has 1 amide bonds. The molecule has 5 heteroatoms. The van der Waals surface area contributed by atoms with Crippen LogP contribution in [0.5, 0.6) is 0 Å². The first kappa shape index (κ1) is 15.5. The molecule has 19 heavy (non-hydrogen) atoms. The minimum absolute atomic E-state index is 0. The summed E-state index contributed by atoms with van der Waals surface area (Å²) in [4.78, 5) is 11.9. The van der Waals surface area contributed by atoms with Crippen LogP contribution in [-0.2, 0) is 4.79 Å². The Morgan fingerprint density at radius 3 is 2.84 bits per heavy atom. The molecular formula is C14H25ClN2OS. The van der Waals surface area contributed by atoms with Gasteiger partial charge in [-0.1, -0.05) is 6.42 Å². The largest absolute Gasteiger partial charge is 0.356 e. The zero-order valence-corrected chi connectivity index (χ0v) is 13.0. The van der Waals surface area contributed by atoms with Gasteiger partial charge in [-0.2, -0.15) is 11.8 Å². The zero-order valence-electron chi connectivity index (χ0n) is 11.4. The lowest BCUT2D eigenvalue weighted by Gasteiger charge is -2.24. The normalized spacial score (nSPS) is 36.8. The summed E-state index contributed by atoms with van der Waals surface area (Å²) in [7, 11) is 0.